The molecule has 5 nitrogen and oxygen atoms in total. The first-order valence-electron chi connectivity index (χ1n) is 4.77. The van der Waals surface area contributed by atoms with Gasteiger partial charge in [0.15, 0.2) is 5.82 Å². The molecule has 2 aromatic rings. The highest BCUT2D eigenvalue weighted by molar-refractivity contribution is 7.10. The third kappa shape index (κ3) is 1.50. The SMILES string of the molecule is CCn1c(C)nnc1-c1c(C)nsc1N. The molecular weight excluding hydrogens is 210 g/mol. The Balaban J connectivity index is 2.63. The van der Waals surface area contributed by atoms with E-state index in [1.54, 1.807) is 0 Å². The molecule has 0 spiro atoms. The number of hydrogen-bond donors (Lipinski definition) is 1. The van der Waals surface area contributed by atoms with Crippen molar-refractivity contribution in [2.75, 3.05) is 5.73 Å². The van der Waals surface area contributed by atoms with Crippen molar-refractivity contribution in [2.45, 2.75) is 27.3 Å². The van der Waals surface area contributed by atoms with Gasteiger partial charge in [-0.05, 0) is 32.3 Å². The second-order valence-corrected chi connectivity index (χ2v) is 4.13. The molecule has 0 atom stereocenters. The van der Waals surface area contributed by atoms with E-state index in [9.17, 15) is 0 Å². The normalized spacial score (nSPS) is 10.9. The first kappa shape index (κ1) is 10.1. The van der Waals surface area contributed by atoms with Crippen LogP contribution in [0.2, 0.25) is 0 Å². The molecule has 15 heavy (non-hydrogen) atoms. The number of nitrogens with zero attached hydrogens (tertiary/aromatic N) is 4. The Morgan fingerprint density at radius 1 is 1.33 bits per heavy atom. The minimum absolute atomic E-state index is 0.703. The molecule has 0 aliphatic rings. The fourth-order valence-corrected chi connectivity index (χ4v) is 2.26. The number of nitrogen functional groups attached to an aromatic ring is 1. The van der Waals surface area contributed by atoms with Crippen molar-refractivity contribution in [1.82, 2.24) is 19.1 Å². The standard InChI is InChI=1S/C9H13N5S/c1-4-14-6(3)11-12-9(14)7-5(2)13-15-8(7)10/h4,10H2,1-3H3. The van der Waals surface area contributed by atoms with Gasteiger partial charge >= 0.3 is 0 Å². The topological polar surface area (TPSA) is 69.6 Å². The molecule has 0 unspecified atom stereocenters. The molecule has 2 aromatic heterocycles. The average Bonchev–Trinajstić information content (AvgIpc) is 2.71. The molecule has 2 heterocycles. The third-order valence-corrected chi connectivity index (χ3v) is 3.13. The number of nitrogens with two attached hydrogens (primary N) is 1. The Kier molecular flexibility index (Phi) is 2.44. The maximum Gasteiger partial charge on any atom is 0.168 e. The summed E-state index contributed by atoms with van der Waals surface area (Å²) in [7, 11) is 0. The predicted octanol–water partition coefficient (Wildman–Crippen LogP) is 1.62. The maximum atomic E-state index is 5.88. The number of rotatable bonds is 2. The Hall–Kier alpha value is -1.43. The van der Waals surface area contributed by atoms with Gasteiger partial charge in [0.05, 0.1) is 11.3 Å². The molecule has 0 aliphatic heterocycles. The van der Waals surface area contributed by atoms with E-state index in [1.807, 2.05) is 18.4 Å². The van der Waals surface area contributed by atoms with Gasteiger partial charge in [0.1, 0.15) is 10.8 Å². The van der Waals surface area contributed by atoms with E-state index >= 15 is 0 Å². The van der Waals surface area contributed by atoms with Gasteiger partial charge < -0.3 is 10.3 Å². The van der Waals surface area contributed by atoms with E-state index in [0.717, 1.165) is 29.5 Å². The summed E-state index contributed by atoms with van der Waals surface area (Å²) in [6.45, 7) is 6.77. The summed E-state index contributed by atoms with van der Waals surface area (Å²) < 4.78 is 6.25. The minimum atomic E-state index is 0.703. The average molecular weight is 223 g/mol. The molecule has 0 fully saturated rings. The van der Waals surface area contributed by atoms with E-state index in [4.69, 9.17) is 5.73 Å². The summed E-state index contributed by atoms with van der Waals surface area (Å²) in [6.07, 6.45) is 0. The van der Waals surface area contributed by atoms with E-state index in [0.29, 0.717) is 5.00 Å². The molecule has 6 heteroatoms. The summed E-state index contributed by atoms with van der Waals surface area (Å²) >= 11 is 1.30. The molecule has 0 saturated carbocycles. The van der Waals surface area contributed by atoms with Crippen LogP contribution in [0.25, 0.3) is 11.4 Å². The van der Waals surface area contributed by atoms with Gasteiger partial charge in [0, 0.05) is 6.54 Å². The highest BCUT2D eigenvalue weighted by atomic mass is 32.1. The molecule has 2 rings (SSSR count). The number of aromatic nitrogens is 4. The minimum Gasteiger partial charge on any atom is -0.389 e. The van der Waals surface area contributed by atoms with Gasteiger partial charge in [0.2, 0.25) is 0 Å². The van der Waals surface area contributed by atoms with Crippen molar-refractivity contribution < 1.29 is 0 Å². The summed E-state index contributed by atoms with van der Waals surface area (Å²) in [4.78, 5) is 0. The van der Waals surface area contributed by atoms with E-state index in [1.165, 1.54) is 11.5 Å². The molecule has 0 amide bonds. The quantitative estimate of drug-likeness (QED) is 0.840. The van der Waals surface area contributed by atoms with Gasteiger partial charge in [-0.2, -0.15) is 4.37 Å². The maximum absolute atomic E-state index is 5.88. The van der Waals surface area contributed by atoms with Crippen molar-refractivity contribution in [2.24, 2.45) is 0 Å². The van der Waals surface area contributed by atoms with Crippen LogP contribution in [0, 0.1) is 13.8 Å². The Bertz CT molecular complexity index is 465. The van der Waals surface area contributed by atoms with Crippen LogP contribution in [0.15, 0.2) is 0 Å². The Morgan fingerprint density at radius 2 is 2.07 bits per heavy atom. The number of hydrogen-bond acceptors (Lipinski definition) is 5. The zero-order valence-electron chi connectivity index (χ0n) is 8.98. The van der Waals surface area contributed by atoms with Gasteiger partial charge in [-0.1, -0.05) is 0 Å². The lowest BCUT2D eigenvalue weighted by atomic mass is 10.2. The lowest BCUT2D eigenvalue weighted by Gasteiger charge is -2.04. The second-order valence-electron chi connectivity index (χ2n) is 3.32. The molecular formula is C9H13N5S. The van der Waals surface area contributed by atoms with Crippen LogP contribution in [0.3, 0.4) is 0 Å². The van der Waals surface area contributed by atoms with Crippen LogP contribution in [0.5, 0.6) is 0 Å². The molecule has 0 aliphatic carbocycles. The first-order valence-corrected chi connectivity index (χ1v) is 5.54. The smallest absolute Gasteiger partial charge is 0.168 e. The molecule has 2 N–H and O–H groups in total. The zero-order valence-corrected chi connectivity index (χ0v) is 9.80. The lowest BCUT2D eigenvalue weighted by molar-refractivity contribution is 0.736. The fraction of sp³-hybridized carbons (Fsp3) is 0.444. The third-order valence-electron chi connectivity index (χ3n) is 2.36. The summed E-state index contributed by atoms with van der Waals surface area (Å²) in [5.74, 6) is 1.72. The highest BCUT2D eigenvalue weighted by Crippen LogP contribution is 2.31. The van der Waals surface area contributed by atoms with Crippen molar-refractivity contribution in [3.8, 4) is 11.4 Å². The Labute approximate surface area is 92.1 Å². The molecule has 80 valence electrons. The highest BCUT2D eigenvalue weighted by Gasteiger charge is 2.17. The van der Waals surface area contributed by atoms with Crippen molar-refractivity contribution in [3.05, 3.63) is 11.5 Å². The van der Waals surface area contributed by atoms with Crippen LogP contribution in [-0.2, 0) is 6.54 Å². The monoisotopic (exact) mass is 223 g/mol. The van der Waals surface area contributed by atoms with Crippen molar-refractivity contribution in [1.29, 1.82) is 0 Å². The molecule has 0 bridgehead atoms. The second kappa shape index (κ2) is 3.62. The fourth-order valence-electron chi connectivity index (χ4n) is 1.60. The predicted molar refractivity (Wildman–Crippen MR) is 60.7 cm³/mol. The van der Waals surface area contributed by atoms with Crippen molar-refractivity contribution in [3.63, 3.8) is 0 Å². The largest absolute Gasteiger partial charge is 0.389 e. The van der Waals surface area contributed by atoms with Crippen LogP contribution in [0.4, 0.5) is 5.00 Å². The Morgan fingerprint density at radius 3 is 2.60 bits per heavy atom. The summed E-state index contributed by atoms with van der Waals surface area (Å²) in [5.41, 5.74) is 7.72. The number of anilines is 1. The molecule has 0 saturated heterocycles. The number of aryl methyl sites for hydroxylation is 2. The lowest BCUT2D eigenvalue weighted by Crippen LogP contribution is -2.01. The zero-order chi connectivity index (χ0) is 11.0. The van der Waals surface area contributed by atoms with Crippen LogP contribution >= 0.6 is 11.5 Å². The van der Waals surface area contributed by atoms with Crippen LogP contribution < -0.4 is 5.73 Å². The van der Waals surface area contributed by atoms with Gasteiger partial charge in [-0.3, -0.25) is 0 Å². The summed E-state index contributed by atoms with van der Waals surface area (Å²) in [5, 5.41) is 8.91. The molecule has 0 radical (unpaired) electrons. The first-order chi connectivity index (χ1) is 7.15. The van der Waals surface area contributed by atoms with Gasteiger partial charge in [-0.25, -0.2) is 0 Å². The molecule has 0 aromatic carbocycles. The van der Waals surface area contributed by atoms with Crippen LogP contribution in [0.1, 0.15) is 18.4 Å². The van der Waals surface area contributed by atoms with E-state index < -0.39 is 0 Å². The summed E-state index contributed by atoms with van der Waals surface area (Å²) in [6, 6.07) is 0. The van der Waals surface area contributed by atoms with Crippen LogP contribution in [-0.4, -0.2) is 19.1 Å². The van der Waals surface area contributed by atoms with E-state index in [-0.39, 0.29) is 0 Å². The van der Waals surface area contributed by atoms with Gasteiger partial charge in [-0.15, -0.1) is 10.2 Å². The van der Waals surface area contributed by atoms with Crippen molar-refractivity contribution >= 4 is 16.5 Å². The van der Waals surface area contributed by atoms with E-state index in [2.05, 4.69) is 21.5 Å². The van der Waals surface area contributed by atoms with Gasteiger partial charge in [0.25, 0.3) is 0 Å².